The molecule has 1 aliphatic heterocycles. The molecule has 0 saturated carbocycles. The van der Waals surface area contributed by atoms with E-state index in [0.717, 1.165) is 36.4 Å². The molecule has 21 heavy (non-hydrogen) atoms. The molecule has 1 heterocycles. The number of fused-ring (bicyclic) bond motifs is 1. The Hall–Kier alpha value is -1.26. The van der Waals surface area contributed by atoms with E-state index in [1.54, 1.807) is 0 Å². The van der Waals surface area contributed by atoms with Gasteiger partial charge in [-0.2, -0.15) is 0 Å². The number of hydrogen-bond donors (Lipinski definition) is 1. The van der Waals surface area contributed by atoms with Crippen molar-refractivity contribution in [3.05, 3.63) is 23.3 Å². The lowest BCUT2D eigenvalue weighted by Gasteiger charge is -2.28. The van der Waals surface area contributed by atoms with Gasteiger partial charge in [0.15, 0.2) is 0 Å². The van der Waals surface area contributed by atoms with Crippen LogP contribution < -0.4 is 15.2 Å². The third-order valence-corrected chi connectivity index (χ3v) is 4.02. The van der Waals surface area contributed by atoms with Crippen molar-refractivity contribution in [2.24, 2.45) is 5.73 Å². The zero-order chi connectivity index (χ0) is 15.4. The molecule has 1 aromatic rings. The van der Waals surface area contributed by atoms with Gasteiger partial charge in [-0.15, -0.1) is 0 Å². The van der Waals surface area contributed by atoms with Gasteiger partial charge in [-0.05, 0) is 46.0 Å². The van der Waals surface area contributed by atoms with Gasteiger partial charge in [0.25, 0.3) is 0 Å². The highest BCUT2D eigenvalue weighted by Gasteiger charge is 2.26. The van der Waals surface area contributed by atoms with Crippen molar-refractivity contribution in [1.82, 2.24) is 4.90 Å². The molecule has 2 unspecified atom stereocenters. The van der Waals surface area contributed by atoms with E-state index in [4.69, 9.17) is 15.2 Å². The first kappa shape index (κ1) is 16.1. The number of hydrogen-bond acceptors (Lipinski definition) is 4. The highest BCUT2D eigenvalue weighted by molar-refractivity contribution is 5.50. The standard InChI is InChI=1S/C17H28N2O2/c1-5-7-19(4)15(11-18)14-10-16-13(8-12(3)21-16)9-17(14)20-6-2/h9-10,12,15H,5-8,11,18H2,1-4H3. The quantitative estimate of drug-likeness (QED) is 0.839. The Morgan fingerprint density at radius 1 is 1.43 bits per heavy atom. The number of likely N-dealkylation sites (N-methyl/N-ethyl adjacent to an activating group) is 1. The van der Waals surface area contributed by atoms with Crippen LogP contribution in [0.25, 0.3) is 0 Å². The Morgan fingerprint density at radius 3 is 2.81 bits per heavy atom. The van der Waals surface area contributed by atoms with E-state index in [-0.39, 0.29) is 12.1 Å². The first-order chi connectivity index (χ1) is 10.1. The van der Waals surface area contributed by atoms with Crippen LogP contribution >= 0.6 is 0 Å². The summed E-state index contributed by atoms with van der Waals surface area (Å²) in [6.07, 6.45) is 2.30. The topological polar surface area (TPSA) is 47.7 Å². The van der Waals surface area contributed by atoms with Gasteiger partial charge in [0, 0.05) is 24.1 Å². The lowest BCUT2D eigenvalue weighted by atomic mass is 10.00. The van der Waals surface area contributed by atoms with Crippen LogP contribution in [-0.4, -0.2) is 37.7 Å². The molecule has 0 amide bonds. The number of ether oxygens (including phenoxy) is 2. The molecule has 0 saturated heterocycles. The Labute approximate surface area is 128 Å². The van der Waals surface area contributed by atoms with Gasteiger partial charge in [0.1, 0.15) is 17.6 Å². The van der Waals surface area contributed by atoms with E-state index in [2.05, 4.69) is 37.9 Å². The minimum Gasteiger partial charge on any atom is -0.494 e. The van der Waals surface area contributed by atoms with Crippen LogP contribution in [0, 0.1) is 0 Å². The second kappa shape index (κ2) is 7.14. The Balaban J connectivity index is 2.38. The molecular formula is C17H28N2O2. The fourth-order valence-electron chi connectivity index (χ4n) is 3.05. The van der Waals surface area contributed by atoms with Crippen molar-refractivity contribution in [2.45, 2.75) is 45.8 Å². The summed E-state index contributed by atoms with van der Waals surface area (Å²) in [4.78, 5) is 2.29. The summed E-state index contributed by atoms with van der Waals surface area (Å²) in [6.45, 7) is 8.55. The lowest BCUT2D eigenvalue weighted by molar-refractivity contribution is 0.237. The zero-order valence-corrected chi connectivity index (χ0v) is 13.7. The van der Waals surface area contributed by atoms with Gasteiger partial charge < -0.3 is 15.2 Å². The van der Waals surface area contributed by atoms with Crippen LogP contribution in [0.3, 0.4) is 0 Å². The van der Waals surface area contributed by atoms with Crippen molar-refractivity contribution in [3.63, 3.8) is 0 Å². The van der Waals surface area contributed by atoms with Crippen LogP contribution in [0.15, 0.2) is 12.1 Å². The van der Waals surface area contributed by atoms with E-state index in [1.807, 2.05) is 6.92 Å². The van der Waals surface area contributed by atoms with E-state index in [1.165, 1.54) is 5.56 Å². The minimum absolute atomic E-state index is 0.163. The molecule has 0 aliphatic carbocycles. The van der Waals surface area contributed by atoms with Crippen molar-refractivity contribution in [1.29, 1.82) is 0 Å². The van der Waals surface area contributed by atoms with Gasteiger partial charge in [0.05, 0.1) is 12.6 Å². The molecule has 1 aliphatic rings. The highest BCUT2D eigenvalue weighted by Crippen LogP contribution is 2.38. The van der Waals surface area contributed by atoms with Crippen molar-refractivity contribution in [2.75, 3.05) is 26.7 Å². The average molecular weight is 292 g/mol. The number of nitrogens with two attached hydrogens (primary N) is 1. The monoisotopic (exact) mass is 292 g/mol. The molecule has 0 radical (unpaired) electrons. The normalized spacial score (nSPS) is 18.5. The third-order valence-electron chi connectivity index (χ3n) is 4.02. The second-order valence-electron chi connectivity index (χ2n) is 5.80. The summed E-state index contributed by atoms with van der Waals surface area (Å²) in [5.74, 6) is 1.94. The minimum atomic E-state index is 0.163. The molecule has 0 fully saturated rings. The largest absolute Gasteiger partial charge is 0.494 e. The molecule has 2 rings (SSSR count). The molecule has 0 spiro atoms. The maximum atomic E-state index is 6.04. The maximum absolute atomic E-state index is 6.04. The first-order valence-corrected chi connectivity index (χ1v) is 7.97. The third kappa shape index (κ3) is 3.50. The van der Waals surface area contributed by atoms with Crippen LogP contribution in [0.5, 0.6) is 11.5 Å². The predicted octanol–water partition coefficient (Wildman–Crippen LogP) is 2.75. The molecule has 0 bridgehead atoms. The first-order valence-electron chi connectivity index (χ1n) is 7.97. The average Bonchev–Trinajstić information content (AvgIpc) is 2.79. The number of nitrogens with zero attached hydrogens (tertiary/aromatic N) is 1. The number of rotatable bonds is 7. The van der Waals surface area contributed by atoms with Gasteiger partial charge in [0.2, 0.25) is 0 Å². The maximum Gasteiger partial charge on any atom is 0.124 e. The van der Waals surface area contributed by atoms with E-state index < -0.39 is 0 Å². The van der Waals surface area contributed by atoms with E-state index in [9.17, 15) is 0 Å². The fraction of sp³-hybridized carbons (Fsp3) is 0.647. The van der Waals surface area contributed by atoms with Crippen LogP contribution in [0.4, 0.5) is 0 Å². The second-order valence-corrected chi connectivity index (χ2v) is 5.80. The summed E-state index contributed by atoms with van der Waals surface area (Å²) in [6, 6.07) is 4.43. The van der Waals surface area contributed by atoms with Gasteiger partial charge in [-0.25, -0.2) is 0 Å². The SMILES string of the molecule is CCCN(C)C(CN)c1cc2c(cc1OCC)CC(C)O2. The Kier molecular flexibility index (Phi) is 5.48. The molecular weight excluding hydrogens is 264 g/mol. The molecule has 118 valence electrons. The number of benzene rings is 1. The van der Waals surface area contributed by atoms with Crippen molar-refractivity contribution >= 4 is 0 Å². The Morgan fingerprint density at radius 2 is 2.19 bits per heavy atom. The van der Waals surface area contributed by atoms with E-state index >= 15 is 0 Å². The fourth-order valence-corrected chi connectivity index (χ4v) is 3.05. The zero-order valence-electron chi connectivity index (χ0n) is 13.7. The van der Waals surface area contributed by atoms with Gasteiger partial charge in [-0.1, -0.05) is 6.92 Å². The molecule has 4 nitrogen and oxygen atoms in total. The van der Waals surface area contributed by atoms with Crippen molar-refractivity contribution < 1.29 is 9.47 Å². The van der Waals surface area contributed by atoms with Crippen LogP contribution in [0.2, 0.25) is 0 Å². The van der Waals surface area contributed by atoms with Crippen LogP contribution in [0.1, 0.15) is 44.4 Å². The van der Waals surface area contributed by atoms with Crippen LogP contribution in [-0.2, 0) is 6.42 Å². The van der Waals surface area contributed by atoms with Gasteiger partial charge in [-0.3, -0.25) is 4.90 Å². The summed E-state index contributed by atoms with van der Waals surface area (Å²) < 4.78 is 11.8. The summed E-state index contributed by atoms with van der Waals surface area (Å²) in [5.41, 5.74) is 8.42. The molecule has 2 atom stereocenters. The lowest BCUT2D eigenvalue weighted by Crippen LogP contribution is -2.31. The van der Waals surface area contributed by atoms with Crippen molar-refractivity contribution in [3.8, 4) is 11.5 Å². The highest BCUT2D eigenvalue weighted by atomic mass is 16.5. The molecule has 4 heteroatoms. The summed E-state index contributed by atoms with van der Waals surface area (Å²) in [7, 11) is 2.12. The molecule has 0 aromatic heterocycles. The Bertz CT molecular complexity index is 476. The van der Waals surface area contributed by atoms with E-state index in [0.29, 0.717) is 13.2 Å². The molecule has 1 aromatic carbocycles. The smallest absolute Gasteiger partial charge is 0.124 e. The summed E-state index contributed by atoms with van der Waals surface area (Å²) >= 11 is 0. The van der Waals surface area contributed by atoms with Gasteiger partial charge >= 0.3 is 0 Å². The molecule has 2 N–H and O–H groups in total. The predicted molar refractivity (Wildman–Crippen MR) is 86.1 cm³/mol. The summed E-state index contributed by atoms with van der Waals surface area (Å²) in [5, 5.41) is 0.